The molecule has 0 heterocycles. The summed E-state index contributed by atoms with van der Waals surface area (Å²) in [4.78, 5) is 2.14. The van der Waals surface area contributed by atoms with Crippen LogP contribution in [0.4, 0.5) is 0 Å². The number of aryl methyl sites for hydroxylation is 1. The van der Waals surface area contributed by atoms with Gasteiger partial charge in [0.1, 0.15) is 11.4 Å². The molecule has 0 aliphatic rings. The summed E-state index contributed by atoms with van der Waals surface area (Å²) in [6.07, 6.45) is 0.548. The average molecular weight is 569 g/mol. The van der Waals surface area contributed by atoms with Crippen molar-refractivity contribution in [1.29, 1.82) is 0 Å². The first-order valence-corrected chi connectivity index (χ1v) is 13.8. The summed E-state index contributed by atoms with van der Waals surface area (Å²) < 4.78 is 7.05. The van der Waals surface area contributed by atoms with E-state index in [4.69, 9.17) is 4.74 Å². The fourth-order valence-electron chi connectivity index (χ4n) is 5.66. The molecule has 5 aromatic carbocycles. The van der Waals surface area contributed by atoms with Gasteiger partial charge in [-0.25, -0.2) is 0 Å². The number of benzene rings is 5. The smallest absolute Gasteiger partial charge is 0.123 e. The highest BCUT2D eigenvalue weighted by molar-refractivity contribution is 9.10. The van der Waals surface area contributed by atoms with Gasteiger partial charge in [0.05, 0.1) is 7.11 Å². The normalized spacial score (nSPS) is 14.1. The fourth-order valence-corrected chi connectivity index (χ4v) is 6.04. The van der Waals surface area contributed by atoms with Crippen LogP contribution in [-0.4, -0.2) is 37.8 Å². The van der Waals surface area contributed by atoms with Gasteiger partial charge in [-0.1, -0.05) is 94.3 Å². The molecule has 194 valence electrons. The first-order valence-electron chi connectivity index (χ1n) is 13.0. The van der Waals surface area contributed by atoms with E-state index >= 15 is 0 Å². The topological polar surface area (TPSA) is 32.7 Å². The molecule has 5 rings (SSSR count). The highest BCUT2D eigenvalue weighted by Crippen LogP contribution is 2.49. The van der Waals surface area contributed by atoms with Crippen molar-refractivity contribution in [2.24, 2.45) is 0 Å². The Hall–Kier alpha value is -3.18. The van der Waals surface area contributed by atoms with Crippen LogP contribution in [0.3, 0.4) is 0 Å². The van der Waals surface area contributed by atoms with E-state index in [1.165, 1.54) is 0 Å². The van der Waals surface area contributed by atoms with Crippen molar-refractivity contribution in [3.8, 4) is 5.75 Å². The monoisotopic (exact) mass is 567 g/mol. The number of hydrogen-bond donors (Lipinski definition) is 1. The number of hydrogen-bond acceptors (Lipinski definition) is 3. The Labute approximate surface area is 233 Å². The molecule has 0 radical (unpaired) electrons. The summed E-state index contributed by atoms with van der Waals surface area (Å²) in [6, 6.07) is 33.6. The summed E-state index contributed by atoms with van der Waals surface area (Å²) in [5, 5.41) is 17.5. The first-order chi connectivity index (χ1) is 18.3. The van der Waals surface area contributed by atoms with Crippen LogP contribution in [0.25, 0.3) is 21.5 Å². The van der Waals surface area contributed by atoms with E-state index in [9.17, 15) is 5.11 Å². The predicted octanol–water partition coefficient (Wildman–Crippen LogP) is 8.04. The third-order valence-electron chi connectivity index (χ3n) is 7.51. The number of aliphatic hydroxyl groups is 1. The standard InChI is InChI=1S/C34H34BrNO2/c1-23-9-7-12-26(19-23)33(30-21-27-20-28(35)16-15-25(27)22-32(30)38-4)34(37,17-18-36(2)3)31-14-8-11-24-10-5-6-13-29(24)31/h5-16,19-22,33,37H,17-18H2,1-4H3. The lowest BCUT2D eigenvalue weighted by molar-refractivity contribution is 0.00533. The van der Waals surface area contributed by atoms with Crippen molar-refractivity contribution in [3.05, 3.63) is 124 Å². The van der Waals surface area contributed by atoms with Crippen LogP contribution in [0, 0.1) is 6.92 Å². The number of fused-ring (bicyclic) bond motifs is 2. The van der Waals surface area contributed by atoms with Crippen molar-refractivity contribution in [2.45, 2.75) is 24.9 Å². The summed E-state index contributed by atoms with van der Waals surface area (Å²) in [5.74, 6) is 0.404. The molecule has 0 fully saturated rings. The number of nitrogens with zero attached hydrogens (tertiary/aromatic N) is 1. The van der Waals surface area contributed by atoms with E-state index < -0.39 is 5.60 Å². The summed E-state index contributed by atoms with van der Waals surface area (Å²) in [5.41, 5.74) is 2.90. The van der Waals surface area contributed by atoms with E-state index in [0.717, 1.165) is 60.6 Å². The van der Waals surface area contributed by atoms with Gasteiger partial charge in [0, 0.05) is 22.5 Å². The largest absolute Gasteiger partial charge is 0.496 e. The SMILES string of the molecule is COc1cc2ccc(Br)cc2cc1C(c1cccc(C)c1)C(O)(CCN(C)C)c1cccc2ccccc12. The van der Waals surface area contributed by atoms with Crippen LogP contribution >= 0.6 is 15.9 Å². The molecule has 0 aromatic heterocycles. The van der Waals surface area contributed by atoms with E-state index in [1.54, 1.807) is 7.11 Å². The van der Waals surface area contributed by atoms with Crippen molar-refractivity contribution in [2.75, 3.05) is 27.7 Å². The Morgan fingerprint density at radius 1 is 0.842 bits per heavy atom. The summed E-state index contributed by atoms with van der Waals surface area (Å²) in [7, 11) is 5.83. The maximum atomic E-state index is 13.1. The van der Waals surface area contributed by atoms with Gasteiger partial charge in [-0.15, -0.1) is 0 Å². The molecule has 1 N–H and O–H groups in total. The first kappa shape index (κ1) is 26.4. The Morgan fingerprint density at radius 2 is 1.61 bits per heavy atom. The Bertz CT molecular complexity index is 1590. The van der Waals surface area contributed by atoms with Crippen LogP contribution in [0.5, 0.6) is 5.75 Å². The highest BCUT2D eigenvalue weighted by Gasteiger charge is 2.42. The number of methoxy groups -OCH3 is 1. The molecule has 0 amide bonds. The van der Waals surface area contributed by atoms with Gasteiger partial charge < -0.3 is 14.7 Å². The molecule has 38 heavy (non-hydrogen) atoms. The lowest BCUT2D eigenvalue weighted by Crippen LogP contribution is -2.38. The third-order valence-corrected chi connectivity index (χ3v) is 8.00. The third kappa shape index (κ3) is 5.09. The quantitative estimate of drug-likeness (QED) is 0.206. The van der Waals surface area contributed by atoms with Crippen LogP contribution in [0.1, 0.15) is 34.6 Å². The van der Waals surface area contributed by atoms with Gasteiger partial charge in [-0.05, 0) is 84.4 Å². The molecular formula is C34H34BrNO2. The maximum Gasteiger partial charge on any atom is 0.123 e. The number of halogens is 1. The van der Waals surface area contributed by atoms with Crippen LogP contribution in [0.2, 0.25) is 0 Å². The average Bonchev–Trinajstić information content (AvgIpc) is 2.91. The minimum atomic E-state index is -1.22. The fraction of sp³-hybridized carbons (Fsp3) is 0.235. The summed E-state index contributed by atoms with van der Waals surface area (Å²) in [6.45, 7) is 2.83. The van der Waals surface area contributed by atoms with Crippen molar-refractivity contribution in [3.63, 3.8) is 0 Å². The van der Waals surface area contributed by atoms with Crippen LogP contribution < -0.4 is 4.74 Å². The van der Waals surface area contributed by atoms with Crippen molar-refractivity contribution in [1.82, 2.24) is 4.90 Å². The van der Waals surface area contributed by atoms with E-state index in [2.05, 4.69) is 121 Å². The van der Waals surface area contributed by atoms with Gasteiger partial charge in [-0.3, -0.25) is 0 Å². The summed E-state index contributed by atoms with van der Waals surface area (Å²) >= 11 is 3.64. The molecule has 3 nitrogen and oxygen atoms in total. The number of ether oxygens (including phenoxy) is 1. The molecule has 5 aromatic rings. The molecule has 0 aliphatic heterocycles. The molecule has 0 spiro atoms. The maximum absolute atomic E-state index is 13.1. The van der Waals surface area contributed by atoms with Crippen molar-refractivity contribution < 1.29 is 9.84 Å². The second kappa shape index (κ2) is 10.9. The minimum Gasteiger partial charge on any atom is -0.496 e. The molecule has 0 bridgehead atoms. The molecule has 0 aliphatic carbocycles. The van der Waals surface area contributed by atoms with Gasteiger partial charge in [0.15, 0.2) is 0 Å². The van der Waals surface area contributed by atoms with E-state index in [-0.39, 0.29) is 5.92 Å². The highest BCUT2D eigenvalue weighted by atomic mass is 79.9. The zero-order valence-corrected chi connectivity index (χ0v) is 24.0. The Morgan fingerprint density at radius 3 is 2.37 bits per heavy atom. The molecule has 2 unspecified atom stereocenters. The van der Waals surface area contributed by atoms with Crippen LogP contribution in [-0.2, 0) is 5.60 Å². The molecule has 4 heteroatoms. The number of rotatable bonds is 8. The van der Waals surface area contributed by atoms with Gasteiger partial charge in [0.2, 0.25) is 0 Å². The second-order valence-corrected chi connectivity index (χ2v) is 11.4. The van der Waals surface area contributed by atoms with Crippen LogP contribution in [0.15, 0.2) is 102 Å². The lowest BCUT2D eigenvalue weighted by atomic mass is 9.70. The molecular weight excluding hydrogens is 534 g/mol. The Balaban J connectivity index is 1.86. The molecule has 2 atom stereocenters. The second-order valence-electron chi connectivity index (χ2n) is 10.4. The lowest BCUT2D eigenvalue weighted by Gasteiger charge is -2.40. The van der Waals surface area contributed by atoms with Crippen molar-refractivity contribution >= 4 is 37.5 Å². The van der Waals surface area contributed by atoms with Gasteiger partial charge >= 0.3 is 0 Å². The zero-order chi connectivity index (χ0) is 26.9. The molecule has 0 saturated carbocycles. The van der Waals surface area contributed by atoms with Gasteiger partial charge in [-0.2, -0.15) is 0 Å². The van der Waals surface area contributed by atoms with Gasteiger partial charge in [0.25, 0.3) is 0 Å². The predicted molar refractivity (Wildman–Crippen MR) is 162 cm³/mol. The van der Waals surface area contributed by atoms with E-state index in [0.29, 0.717) is 6.42 Å². The van der Waals surface area contributed by atoms with E-state index in [1.807, 2.05) is 18.2 Å². The zero-order valence-electron chi connectivity index (χ0n) is 22.4. The minimum absolute atomic E-state index is 0.369. The Kier molecular flexibility index (Phi) is 7.58. The molecule has 0 saturated heterocycles.